The van der Waals surface area contributed by atoms with Crippen LogP contribution in [-0.2, 0) is 4.74 Å². The first-order chi connectivity index (χ1) is 9.26. The first-order valence-electron chi connectivity index (χ1n) is 6.33. The number of aromatic nitrogens is 3. The number of aliphatic hydroxyl groups excluding tert-OH is 1. The van der Waals surface area contributed by atoms with Crippen molar-refractivity contribution in [3.63, 3.8) is 0 Å². The number of rotatable bonds is 10. The van der Waals surface area contributed by atoms with Gasteiger partial charge in [-0.2, -0.15) is 15.0 Å². The molecule has 0 aliphatic carbocycles. The number of anilines is 2. The Hall–Kier alpha value is -1.67. The second-order valence-electron chi connectivity index (χ2n) is 3.76. The zero-order valence-corrected chi connectivity index (χ0v) is 11.1. The van der Waals surface area contributed by atoms with Gasteiger partial charge >= 0.3 is 6.01 Å². The smallest absolute Gasteiger partial charge is 0.323 e. The van der Waals surface area contributed by atoms with E-state index in [-0.39, 0.29) is 18.6 Å². The summed E-state index contributed by atoms with van der Waals surface area (Å²) in [7, 11) is 0. The molecule has 1 heterocycles. The maximum Gasteiger partial charge on any atom is 0.323 e. The molecule has 8 heteroatoms. The predicted molar refractivity (Wildman–Crippen MR) is 71.0 cm³/mol. The average Bonchev–Trinajstić information content (AvgIpc) is 2.40. The number of nitrogens with zero attached hydrogens (tertiary/aromatic N) is 3. The van der Waals surface area contributed by atoms with Crippen molar-refractivity contribution in [2.75, 3.05) is 44.0 Å². The highest BCUT2D eigenvalue weighted by molar-refractivity contribution is 5.32. The quantitative estimate of drug-likeness (QED) is 0.511. The highest BCUT2D eigenvalue weighted by Crippen LogP contribution is 2.08. The number of nitrogens with one attached hydrogen (secondary N) is 1. The Bertz CT molecular complexity index is 364. The van der Waals surface area contributed by atoms with Crippen LogP contribution in [0.2, 0.25) is 0 Å². The molecule has 0 atom stereocenters. The normalized spacial score (nSPS) is 10.4. The number of nitrogen functional groups attached to an aromatic ring is 1. The zero-order valence-electron chi connectivity index (χ0n) is 11.1. The van der Waals surface area contributed by atoms with Gasteiger partial charge in [0.15, 0.2) is 0 Å². The molecular weight excluding hydrogens is 250 g/mol. The van der Waals surface area contributed by atoms with Gasteiger partial charge in [-0.05, 0) is 12.8 Å². The fourth-order valence-corrected chi connectivity index (χ4v) is 1.25. The third-order valence-electron chi connectivity index (χ3n) is 2.05. The largest absolute Gasteiger partial charge is 0.463 e. The lowest BCUT2D eigenvalue weighted by molar-refractivity contribution is 0.0921. The van der Waals surface area contributed by atoms with E-state index in [0.717, 1.165) is 12.8 Å². The minimum absolute atomic E-state index is 0.0373. The maximum atomic E-state index is 8.54. The molecule has 0 saturated carbocycles. The van der Waals surface area contributed by atoms with Gasteiger partial charge < -0.3 is 25.6 Å². The van der Waals surface area contributed by atoms with Crippen molar-refractivity contribution in [3.8, 4) is 6.01 Å². The van der Waals surface area contributed by atoms with Crippen LogP contribution in [0.15, 0.2) is 0 Å². The fraction of sp³-hybridized carbons (Fsp3) is 0.727. The molecule has 4 N–H and O–H groups in total. The van der Waals surface area contributed by atoms with Crippen LogP contribution in [0.3, 0.4) is 0 Å². The lowest BCUT2D eigenvalue weighted by atomic mass is 10.4. The summed E-state index contributed by atoms with van der Waals surface area (Å²) in [4.78, 5) is 11.9. The second-order valence-corrected chi connectivity index (χ2v) is 3.76. The van der Waals surface area contributed by atoms with Crippen LogP contribution >= 0.6 is 0 Å². The van der Waals surface area contributed by atoms with Crippen LogP contribution in [0.5, 0.6) is 6.01 Å². The Morgan fingerprint density at radius 3 is 2.79 bits per heavy atom. The van der Waals surface area contributed by atoms with E-state index in [0.29, 0.717) is 32.3 Å². The molecule has 0 amide bonds. The SMILES string of the molecule is CCCOc1nc(N)nc(NCCCOCCO)n1. The molecule has 0 bridgehead atoms. The standard InChI is InChI=1S/C11H21N5O3/c1-2-6-19-11-15-9(12)14-10(16-11)13-4-3-7-18-8-5-17/h17H,2-8H2,1H3,(H3,12,13,14,15,16). The van der Waals surface area contributed by atoms with Gasteiger partial charge in [-0.3, -0.25) is 0 Å². The average molecular weight is 271 g/mol. The molecule has 1 aromatic heterocycles. The van der Waals surface area contributed by atoms with Gasteiger partial charge in [0.2, 0.25) is 11.9 Å². The second kappa shape index (κ2) is 9.29. The van der Waals surface area contributed by atoms with Crippen LogP contribution in [0.25, 0.3) is 0 Å². The van der Waals surface area contributed by atoms with Crippen LogP contribution in [0.1, 0.15) is 19.8 Å². The van der Waals surface area contributed by atoms with Crippen molar-refractivity contribution in [3.05, 3.63) is 0 Å². The molecule has 0 fully saturated rings. The molecule has 0 aromatic carbocycles. The summed E-state index contributed by atoms with van der Waals surface area (Å²) in [6, 6.07) is 0.230. The Morgan fingerprint density at radius 1 is 1.21 bits per heavy atom. The van der Waals surface area contributed by atoms with Crippen molar-refractivity contribution in [1.29, 1.82) is 0 Å². The molecular formula is C11H21N5O3. The molecule has 0 aliphatic rings. The molecule has 0 unspecified atom stereocenters. The van der Waals surface area contributed by atoms with Crippen molar-refractivity contribution in [1.82, 2.24) is 15.0 Å². The number of aliphatic hydroxyl groups is 1. The van der Waals surface area contributed by atoms with E-state index in [4.69, 9.17) is 20.3 Å². The fourth-order valence-electron chi connectivity index (χ4n) is 1.25. The van der Waals surface area contributed by atoms with Crippen LogP contribution in [-0.4, -0.2) is 53.0 Å². The van der Waals surface area contributed by atoms with Crippen LogP contribution < -0.4 is 15.8 Å². The van der Waals surface area contributed by atoms with E-state index in [1.165, 1.54) is 0 Å². The molecule has 108 valence electrons. The van der Waals surface area contributed by atoms with Gasteiger partial charge in [0.1, 0.15) is 0 Å². The highest BCUT2D eigenvalue weighted by Gasteiger charge is 2.04. The molecule has 0 saturated heterocycles. The maximum absolute atomic E-state index is 8.54. The Morgan fingerprint density at radius 2 is 2.05 bits per heavy atom. The molecule has 1 aromatic rings. The third-order valence-corrected chi connectivity index (χ3v) is 2.05. The van der Waals surface area contributed by atoms with E-state index < -0.39 is 0 Å². The Labute approximate surface area is 112 Å². The molecule has 0 radical (unpaired) electrons. The van der Waals surface area contributed by atoms with Crippen molar-refractivity contribution >= 4 is 11.9 Å². The first kappa shape index (κ1) is 15.4. The van der Waals surface area contributed by atoms with E-state index in [1.807, 2.05) is 6.92 Å². The number of ether oxygens (including phenoxy) is 2. The predicted octanol–water partition coefficient (Wildman–Crippen LogP) is 0.0535. The number of hydrogen-bond donors (Lipinski definition) is 3. The van der Waals surface area contributed by atoms with Crippen LogP contribution in [0, 0.1) is 0 Å². The molecule has 0 spiro atoms. The summed E-state index contributed by atoms with van der Waals surface area (Å²) in [5.41, 5.74) is 5.57. The van der Waals surface area contributed by atoms with Gasteiger partial charge in [0.25, 0.3) is 0 Å². The molecule has 8 nitrogen and oxygen atoms in total. The summed E-state index contributed by atoms with van der Waals surface area (Å²) in [5.74, 6) is 0.515. The van der Waals surface area contributed by atoms with Gasteiger partial charge in [0, 0.05) is 13.2 Å². The Kier molecular flexibility index (Phi) is 7.52. The first-order valence-corrected chi connectivity index (χ1v) is 6.33. The minimum Gasteiger partial charge on any atom is -0.463 e. The summed E-state index contributed by atoms with van der Waals surface area (Å²) in [6.45, 7) is 4.13. The summed E-state index contributed by atoms with van der Waals surface area (Å²) in [5, 5.41) is 11.6. The Balaban J connectivity index is 2.34. The van der Waals surface area contributed by atoms with E-state index in [2.05, 4.69) is 20.3 Å². The summed E-state index contributed by atoms with van der Waals surface area (Å²) in [6.07, 6.45) is 1.65. The topological polar surface area (TPSA) is 115 Å². The highest BCUT2D eigenvalue weighted by atomic mass is 16.5. The number of hydrogen-bond acceptors (Lipinski definition) is 8. The summed E-state index contributed by atoms with van der Waals surface area (Å²) >= 11 is 0. The van der Waals surface area contributed by atoms with E-state index in [1.54, 1.807) is 0 Å². The van der Waals surface area contributed by atoms with Crippen molar-refractivity contribution in [2.45, 2.75) is 19.8 Å². The van der Waals surface area contributed by atoms with Crippen molar-refractivity contribution < 1.29 is 14.6 Å². The molecule has 0 aliphatic heterocycles. The zero-order chi connectivity index (χ0) is 13.9. The lowest BCUT2D eigenvalue weighted by Gasteiger charge is -2.07. The molecule has 19 heavy (non-hydrogen) atoms. The van der Waals surface area contributed by atoms with Gasteiger partial charge in [0.05, 0.1) is 19.8 Å². The number of nitrogens with two attached hydrogens (primary N) is 1. The molecule has 1 rings (SSSR count). The van der Waals surface area contributed by atoms with Crippen molar-refractivity contribution in [2.24, 2.45) is 0 Å². The van der Waals surface area contributed by atoms with Gasteiger partial charge in [-0.15, -0.1) is 0 Å². The minimum atomic E-state index is 0.0373. The summed E-state index contributed by atoms with van der Waals surface area (Å²) < 4.78 is 10.4. The van der Waals surface area contributed by atoms with E-state index >= 15 is 0 Å². The van der Waals surface area contributed by atoms with E-state index in [9.17, 15) is 0 Å². The monoisotopic (exact) mass is 271 g/mol. The van der Waals surface area contributed by atoms with Gasteiger partial charge in [-0.1, -0.05) is 6.92 Å². The van der Waals surface area contributed by atoms with Crippen LogP contribution in [0.4, 0.5) is 11.9 Å². The lowest BCUT2D eigenvalue weighted by Crippen LogP contribution is -2.12. The third kappa shape index (κ3) is 6.73. The van der Waals surface area contributed by atoms with Gasteiger partial charge in [-0.25, -0.2) is 0 Å².